The fourth-order valence-electron chi connectivity index (χ4n) is 5.86. The largest absolute Gasteiger partial charge is 0.486 e. The molecule has 1 amide bonds. The van der Waals surface area contributed by atoms with Crippen molar-refractivity contribution >= 4 is 23.5 Å². The number of carboxylic acids is 1. The number of ether oxygens (including phenoxy) is 2. The van der Waals surface area contributed by atoms with Gasteiger partial charge < -0.3 is 19.5 Å². The van der Waals surface area contributed by atoms with Gasteiger partial charge in [0.05, 0.1) is 18.6 Å². The van der Waals surface area contributed by atoms with Gasteiger partial charge in [-0.3, -0.25) is 9.59 Å². The predicted molar refractivity (Wildman–Crippen MR) is 150 cm³/mol. The summed E-state index contributed by atoms with van der Waals surface area (Å²) < 4.78 is 13.2. The van der Waals surface area contributed by atoms with E-state index in [1.807, 2.05) is 42.5 Å². The Kier molecular flexibility index (Phi) is 7.96. The van der Waals surface area contributed by atoms with Crippen LogP contribution < -0.4 is 4.74 Å². The SMILES string of the molecule is C[C@@H]1CC[C@@H]2[C@@H](O1)c1cc(C(=O)N(CCC(=O)O)Cc3ccc(Cl)cc3)ccc1O[C@@]2(C)Cc1ccccc1. The van der Waals surface area contributed by atoms with Gasteiger partial charge in [-0.2, -0.15) is 0 Å². The molecule has 0 bridgehead atoms. The zero-order valence-corrected chi connectivity index (χ0v) is 23.1. The summed E-state index contributed by atoms with van der Waals surface area (Å²) >= 11 is 6.03. The zero-order chi connectivity index (χ0) is 27.6. The van der Waals surface area contributed by atoms with Gasteiger partial charge in [0, 0.05) is 41.6 Å². The number of carbonyl (C=O) groups excluding carboxylic acids is 1. The number of halogens is 1. The first-order valence-corrected chi connectivity index (χ1v) is 13.9. The van der Waals surface area contributed by atoms with Crippen LogP contribution in [0.4, 0.5) is 0 Å². The van der Waals surface area contributed by atoms with Gasteiger partial charge in [0.1, 0.15) is 11.4 Å². The van der Waals surface area contributed by atoms with Crippen molar-refractivity contribution in [2.75, 3.05) is 6.54 Å². The monoisotopic (exact) mass is 547 g/mol. The van der Waals surface area contributed by atoms with Crippen molar-refractivity contribution in [1.29, 1.82) is 0 Å². The van der Waals surface area contributed by atoms with E-state index in [1.165, 1.54) is 5.56 Å². The van der Waals surface area contributed by atoms with Gasteiger partial charge in [-0.1, -0.05) is 54.1 Å². The Labute approximate surface area is 234 Å². The van der Waals surface area contributed by atoms with Crippen LogP contribution in [0.2, 0.25) is 5.02 Å². The van der Waals surface area contributed by atoms with E-state index in [0.717, 1.165) is 36.1 Å². The second kappa shape index (κ2) is 11.4. The van der Waals surface area contributed by atoms with Crippen LogP contribution in [0.25, 0.3) is 0 Å². The molecule has 0 spiro atoms. The first-order valence-electron chi connectivity index (χ1n) is 13.5. The molecule has 2 aliphatic rings. The van der Waals surface area contributed by atoms with Crippen molar-refractivity contribution in [3.8, 4) is 5.75 Å². The standard InChI is InChI=1S/C32H34ClNO5/c1-21-8-14-27-30(38-21)26-18-24(11-15-28(26)39-32(27,2)19-22-6-4-3-5-7-22)31(37)34(17-16-29(35)36)20-23-9-12-25(33)13-10-23/h3-7,9-13,15,18,21,27,30H,8,14,16-17,19-20H2,1-2H3,(H,35,36)/t21-,27-,30+,32+/m1/s1. The molecule has 0 radical (unpaired) electrons. The maximum atomic E-state index is 13.7. The molecular formula is C32H34ClNO5. The number of carbonyl (C=O) groups is 2. The summed E-state index contributed by atoms with van der Waals surface area (Å²) in [5, 5.41) is 9.90. The van der Waals surface area contributed by atoms with E-state index in [2.05, 4.69) is 26.0 Å². The molecule has 3 aromatic rings. The molecule has 1 fully saturated rings. The minimum Gasteiger partial charge on any atom is -0.486 e. The molecule has 0 aliphatic carbocycles. The molecular weight excluding hydrogens is 514 g/mol. The van der Waals surface area contributed by atoms with Crippen molar-refractivity contribution in [3.63, 3.8) is 0 Å². The number of nitrogens with zero attached hydrogens (tertiary/aromatic N) is 1. The summed E-state index contributed by atoms with van der Waals surface area (Å²) in [6.07, 6.45) is 2.45. The average molecular weight is 548 g/mol. The molecule has 3 aromatic carbocycles. The number of rotatable bonds is 8. The number of benzene rings is 3. The summed E-state index contributed by atoms with van der Waals surface area (Å²) in [5.41, 5.74) is 3.01. The molecule has 39 heavy (non-hydrogen) atoms. The summed E-state index contributed by atoms with van der Waals surface area (Å²) in [7, 11) is 0. The van der Waals surface area contributed by atoms with E-state index >= 15 is 0 Å². The molecule has 5 rings (SSSR count). The Morgan fingerprint density at radius 1 is 1.03 bits per heavy atom. The van der Waals surface area contributed by atoms with Crippen LogP contribution in [0, 0.1) is 5.92 Å². The van der Waals surface area contributed by atoms with E-state index in [9.17, 15) is 14.7 Å². The van der Waals surface area contributed by atoms with E-state index < -0.39 is 11.6 Å². The number of carboxylic acid groups (broad SMARTS) is 1. The smallest absolute Gasteiger partial charge is 0.305 e. The maximum Gasteiger partial charge on any atom is 0.305 e. The highest BCUT2D eigenvalue weighted by molar-refractivity contribution is 6.30. The topological polar surface area (TPSA) is 76.1 Å². The number of amides is 1. The molecule has 204 valence electrons. The fraction of sp³-hybridized carbons (Fsp3) is 0.375. The van der Waals surface area contributed by atoms with Crippen LogP contribution in [0.15, 0.2) is 72.8 Å². The van der Waals surface area contributed by atoms with Crippen molar-refractivity contribution in [2.24, 2.45) is 5.92 Å². The third kappa shape index (κ3) is 6.13. The molecule has 4 atom stereocenters. The van der Waals surface area contributed by atoms with Crippen molar-refractivity contribution in [2.45, 2.75) is 63.9 Å². The number of hydrogen-bond acceptors (Lipinski definition) is 4. The Morgan fingerprint density at radius 3 is 2.49 bits per heavy atom. The molecule has 2 aliphatic heterocycles. The van der Waals surface area contributed by atoms with Crippen LogP contribution in [0.3, 0.4) is 0 Å². The predicted octanol–water partition coefficient (Wildman–Crippen LogP) is 6.71. The van der Waals surface area contributed by atoms with Crippen LogP contribution in [0.1, 0.15) is 66.3 Å². The van der Waals surface area contributed by atoms with Crippen LogP contribution in [-0.2, 0) is 22.5 Å². The van der Waals surface area contributed by atoms with Crippen LogP contribution in [-0.4, -0.2) is 40.1 Å². The number of aliphatic carboxylic acids is 1. The van der Waals surface area contributed by atoms with Crippen molar-refractivity contribution in [3.05, 3.63) is 100 Å². The molecule has 0 aromatic heterocycles. The van der Waals surface area contributed by atoms with E-state index in [0.29, 0.717) is 10.6 Å². The normalized spacial score (nSPS) is 23.7. The third-order valence-corrected chi connectivity index (χ3v) is 8.14. The summed E-state index contributed by atoms with van der Waals surface area (Å²) in [6.45, 7) is 4.64. The molecule has 0 unspecified atom stereocenters. The highest BCUT2D eigenvalue weighted by atomic mass is 35.5. The lowest BCUT2D eigenvalue weighted by Gasteiger charge is -2.50. The second-order valence-electron chi connectivity index (χ2n) is 10.9. The summed E-state index contributed by atoms with van der Waals surface area (Å²) in [6, 6.07) is 23.1. The van der Waals surface area contributed by atoms with Crippen LogP contribution in [0.5, 0.6) is 5.75 Å². The Hall–Kier alpha value is -3.35. The Balaban J connectivity index is 1.45. The molecule has 1 N–H and O–H groups in total. The quantitative estimate of drug-likeness (QED) is 0.339. The van der Waals surface area contributed by atoms with Gasteiger partial charge >= 0.3 is 5.97 Å². The molecule has 0 saturated carbocycles. The van der Waals surface area contributed by atoms with Gasteiger partial charge in [-0.05, 0) is 68.1 Å². The van der Waals surface area contributed by atoms with E-state index in [1.54, 1.807) is 23.1 Å². The minimum atomic E-state index is -0.951. The Bertz CT molecular complexity index is 1330. The molecule has 1 saturated heterocycles. The lowest BCUT2D eigenvalue weighted by atomic mass is 9.72. The summed E-state index contributed by atoms with van der Waals surface area (Å²) in [5.74, 6) is -0.320. The van der Waals surface area contributed by atoms with Gasteiger partial charge in [0.25, 0.3) is 5.91 Å². The number of fused-ring (bicyclic) bond motifs is 3. The first kappa shape index (κ1) is 27.2. The van der Waals surface area contributed by atoms with Gasteiger partial charge in [0.15, 0.2) is 0 Å². The van der Waals surface area contributed by atoms with E-state index in [4.69, 9.17) is 21.1 Å². The highest BCUT2D eigenvalue weighted by Gasteiger charge is 2.49. The molecule has 6 nitrogen and oxygen atoms in total. The van der Waals surface area contributed by atoms with Gasteiger partial charge in [0.2, 0.25) is 0 Å². The minimum absolute atomic E-state index is 0.0963. The van der Waals surface area contributed by atoms with Gasteiger partial charge in [-0.15, -0.1) is 0 Å². The second-order valence-corrected chi connectivity index (χ2v) is 11.3. The maximum absolute atomic E-state index is 13.7. The van der Waals surface area contributed by atoms with Gasteiger partial charge in [-0.25, -0.2) is 0 Å². The van der Waals surface area contributed by atoms with Crippen molar-refractivity contribution < 1.29 is 24.2 Å². The van der Waals surface area contributed by atoms with Crippen molar-refractivity contribution in [1.82, 2.24) is 4.90 Å². The fourth-order valence-corrected chi connectivity index (χ4v) is 5.99. The average Bonchev–Trinajstić information content (AvgIpc) is 2.92. The Morgan fingerprint density at radius 2 is 1.77 bits per heavy atom. The lowest BCUT2D eigenvalue weighted by molar-refractivity contribution is -0.149. The zero-order valence-electron chi connectivity index (χ0n) is 22.3. The van der Waals surface area contributed by atoms with Crippen LogP contribution >= 0.6 is 11.6 Å². The molecule has 2 heterocycles. The first-order chi connectivity index (χ1) is 18.7. The van der Waals surface area contributed by atoms with E-state index in [-0.39, 0.29) is 43.5 Å². The summed E-state index contributed by atoms with van der Waals surface area (Å²) in [4.78, 5) is 26.6. The lowest BCUT2D eigenvalue weighted by Crippen LogP contribution is -2.51. The molecule has 7 heteroatoms. The third-order valence-electron chi connectivity index (χ3n) is 7.89. The number of hydrogen-bond donors (Lipinski definition) is 1. The highest BCUT2D eigenvalue weighted by Crippen LogP contribution is 2.51.